The van der Waals surface area contributed by atoms with Gasteiger partial charge in [0.1, 0.15) is 0 Å². The van der Waals surface area contributed by atoms with Crippen LogP contribution in [0.4, 0.5) is 0 Å². The Morgan fingerprint density at radius 2 is 1.97 bits per heavy atom. The minimum Gasteiger partial charge on any atom is -0.352 e. The summed E-state index contributed by atoms with van der Waals surface area (Å²) < 4.78 is 28.0. The molecule has 1 aliphatic rings. The lowest BCUT2D eigenvalue weighted by Gasteiger charge is -2.30. The van der Waals surface area contributed by atoms with Crippen LogP contribution in [0.25, 0.3) is 10.9 Å². The number of hydrogen-bond acceptors (Lipinski definition) is 5. The predicted molar refractivity (Wildman–Crippen MR) is 136 cm³/mol. The number of H-pyrrole nitrogens is 1. The fourth-order valence-electron chi connectivity index (χ4n) is 4.50. The van der Waals surface area contributed by atoms with Crippen LogP contribution in [0.3, 0.4) is 0 Å². The average molecular weight is 491 g/mol. The highest BCUT2D eigenvalue weighted by molar-refractivity contribution is 7.89. The third kappa shape index (κ3) is 6.46. The van der Waals surface area contributed by atoms with Gasteiger partial charge in [0, 0.05) is 36.6 Å². The lowest BCUT2D eigenvalue weighted by atomic mass is 10.0. The number of sulfonamides is 1. The van der Waals surface area contributed by atoms with Crippen molar-refractivity contribution in [2.45, 2.75) is 57.8 Å². The number of aromatic nitrogens is 1. The van der Waals surface area contributed by atoms with Crippen LogP contribution >= 0.6 is 0 Å². The van der Waals surface area contributed by atoms with Gasteiger partial charge in [-0.1, -0.05) is 27.2 Å². The molecule has 34 heavy (non-hydrogen) atoms. The molecule has 188 valence electrons. The Bertz CT molecular complexity index is 1150. The first-order chi connectivity index (χ1) is 16.3. The fraction of sp³-hybridized carbons (Fsp3) is 0.600. The Kier molecular flexibility index (Phi) is 9.27. The summed E-state index contributed by atoms with van der Waals surface area (Å²) in [5.41, 5.74) is 0.247. The Morgan fingerprint density at radius 3 is 2.68 bits per heavy atom. The molecular formula is C25H38N4O4S. The van der Waals surface area contributed by atoms with E-state index in [-0.39, 0.29) is 16.4 Å². The van der Waals surface area contributed by atoms with Crippen LogP contribution in [0, 0.1) is 5.92 Å². The fourth-order valence-corrected chi connectivity index (χ4v) is 6.13. The molecule has 0 bridgehead atoms. The van der Waals surface area contributed by atoms with Gasteiger partial charge in [-0.3, -0.25) is 9.59 Å². The van der Waals surface area contributed by atoms with E-state index in [4.69, 9.17) is 0 Å². The van der Waals surface area contributed by atoms with Gasteiger partial charge in [-0.2, -0.15) is 4.31 Å². The van der Waals surface area contributed by atoms with Gasteiger partial charge in [-0.25, -0.2) is 8.42 Å². The molecule has 1 aromatic heterocycles. The van der Waals surface area contributed by atoms with Gasteiger partial charge in [-0.05, 0) is 69.4 Å². The van der Waals surface area contributed by atoms with Gasteiger partial charge in [0.25, 0.3) is 5.91 Å². The number of carbonyl (C=O) groups excluding carboxylic acids is 1. The maximum absolute atomic E-state index is 13.3. The third-order valence-electron chi connectivity index (χ3n) is 6.53. The van der Waals surface area contributed by atoms with Crippen LogP contribution in [0.2, 0.25) is 0 Å². The van der Waals surface area contributed by atoms with Gasteiger partial charge < -0.3 is 15.2 Å². The summed E-state index contributed by atoms with van der Waals surface area (Å²) in [6.45, 7) is 10.7. The molecule has 2 aromatic rings. The van der Waals surface area contributed by atoms with Crippen molar-refractivity contribution in [2.24, 2.45) is 5.92 Å². The Hall–Kier alpha value is -2.23. The van der Waals surface area contributed by atoms with E-state index in [9.17, 15) is 18.0 Å². The molecule has 1 saturated heterocycles. The van der Waals surface area contributed by atoms with E-state index < -0.39 is 15.6 Å². The van der Waals surface area contributed by atoms with Crippen LogP contribution < -0.4 is 10.9 Å². The number of benzene rings is 1. The molecule has 1 amide bonds. The van der Waals surface area contributed by atoms with E-state index >= 15 is 0 Å². The second kappa shape index (κ2) is 12.0. The van der Waals surface area contributed by atoms with Crippen LogP contribution in [-0.4, -0.2) is 67.8 Å². The minimum atomic E-state index is -3.68. The number of rotatable bonds is 11. The molecule has 1 unspecified atom stereocenters. The van der Waals surface area contributed by atoms with Crippen LogP contribution in [-0.2, 0) is 10.0 Å². The molecule has 1 fully saturated rings. The number of nitrogens with one attached hydrogen (secondary N) is 2. The van der Waals surface area contributed by atoms with Crippen molar-refractivity contribution >= 4 is 26.8 Å². The van der Waals surface area contributed by atoms with E-state index in [2.05, 4.69) is 36.0 Å². The number of carbonyl (C=O) groups is 1. The van der Waals surface area contributed by atoms with Crippen molar-refractivity contribution in [1.29, 1.82) is 0 Å². The van der Waals surface area contributed by atoms with Crippen molar-refractivity contribution < 1.29 is 13.2 Å². The van der Waals surface area contributed by atoms with Crippen molar-refractivity contribution in [3.63, 3.8) is 0 Å². The number of amides is 1. The van der Waals surface area contributed by atoms with Crippen LogP contribution in [0.15, 0.2) is 34.0 Å². The summed E-state index contributed by atoms with van der Waals surface area (Å²) in [5.74, 6) is -0.0545. The number of unbranched alkanes of at least 4 members (excludes halogenated alkanes) is 1. The summed E-state index contributed by atoms with van der Waals surface area (Å²) in [5, 5.41) is 3.33. The number of fused-ring (bicyclic) bond motifs is 1. The molecule has 8 nitrogen and oxygen atoms in total. The van der Waals surface area contributed by atoms with E-state index in [1.807, 2.05) is 0 Å². The first kappa shape index (κ1) is 26.4. The minimum absolute atomic E-state index is 0.143. The number of aromatic amines is 1. The molecule has 1 aliphatic heterocycles. The van der Waals surface area contributed by atoms with Gasteiger partial charge in [0.2, 0.25) is 15.6 Å². The van der Waals surface area contributed by atoms with Crippen molar-refractivity contribution in [2.75, 3.05) is 39.3 Å². The molecule has 1 atom stereocenters. The van der Waals surface area contributed by atoms with Crippen LogP contribution in [0.5, 0.6) is 0 Å². The number of hydrogen-bond donors (Lipinski definition) is 2. The van der Waals surface area contributed by atoms with Gasteiger partial charge in [-0.15, -0.1) is 0 Å². The predicted octanol–water partition coefficient (Wildman–Crippen LogP) is 3.19. The number of nitrogens with zero attached hydrogens (tertiary/aromatic N) is 2. The largest absolute Gasteiger partial charge is 0.352 e. The van der Waals surface area contributed by atoms with Crippen molar-refractivity contribution in [3.8, 4) is 0 Å². The summed E-state index contributed by atoms with van der Waals surface area (Å²) in [4.78, 5) is 30.3. The zero-order valence-electron chi connectivity index (χ0n) is 20.6. The monoisotopic (exact) mass is 490 g/mol. The maximum atomic E-state index is 13.3. The Balaban J connectivity index is 1.78. The van der Waals surface area contributed by atoms with Crippen molar-refractivity contribution in [1.82, 2.24) is 19.5 Å². The zero-order chi connectivity index (χ0) is 24.7. The van der Waals surface area contributed by atoms with Gasteiger partial charge in [0.15, 0.2) is 0 Å². The zero-order valence-corrected chi connectivity index (χ0v) is 21.4. The Morgan fingerprint density at radius 1 is 1.21 bits per heavy atom. The van der Waals surface area contributed by atoms with E-state index in [1.54, 1.807) is 6.07 Å². The summed E-state index contributed by atoms with van der Waals surface area (Å²) in [6.07, 6.45) is 4.96. The summed E-state index contributed by atoms with van der Waals surface area (Å²) in [6, 6.07) is 5.83. The molecule has 1 aromatic carbocycles. The third-order valence-corrected chi connectivity index (χ3v) is 8.39. The summed E-state index contributed by atoms with van der Waals surface area (Å²) >= 11 is 0. The smallest absolute Gasteiger partial charge is 0.252 e. The molecular weight excluding hydrogens is 452 g/mol. The number of pyridine rings is 1. The number of piperidine rings is 1. The first-order valence-corrected chi connectivity index (χ1v) is 13.9. The highest BCUT2D eigenvalue weighted by Crippen LogP contribution is 2.26. The van der Waals surface area contributed by atoms with E-state index in [0.29, 0.717) is 36.5 Å². The standard InChI is InChI=1S/C25H38N4O4S/c1-4-6-13-28(5-2)14-8-12-26-25(31)22-17-24(30)27-23-11-10-20(16-21(22)23)34(32,33)29-15-7-9-19(3)18-29/h10-11,16-17,19H,4-9,12-15,18H2,1-3H3,(H,26,31)(H,27,30). The lowest BCUT2D eigenvalue weighted by molar-refractivity contribution is 0.0953. The van der Waals surface area contributed by atoms with Crippen molar-refractivity contribution in [3.05, 3.63) is 40.2 Å². The second-order valence-corrected chi connectivity index (χ2v) is 11.2. The maximum Gasteiger partial charge on any atom is 0.252 e. The quantitative estimate of drug-likeness (QED) is 0.471. The van der Waals surface area contributed by atoms with Crippen LogP contribution in [0.1, 0.15) is 63.2 Å². The highest BCUT2D eigenvalue weighted by atomic mass is 32.2. The first-order valence-electron chi connectivity index (χ1n) is 12.4. The molecule has 0 saturated carbocycles. The molecule has 0 radical (unpaired) electrons. The van der Waals surface area contributed by atoms with E-state index in [0.717, 1.165) is 51.7 Å². The topological polar surface area (TPSA) is 103 Å². The Labute approximate surface area is 202 Å². The normalized spacial score (nSPS) is 17.4. The lowest BCUT2D eigenvalue weighted by Crippen LogP contribution is -2.39. The van der Waals surface area contributed by atoms with Gasteiger partial charge >= 0.3 is 0 Å². The average Bonchev–Trinajstić information content (AvgIpc) is 2.82. The molecule has 2 heterocycles. The molecule has 9 heteroatoms. The molecule has 3 rings (SSSR count). The van der Waals surface area contributed by atoms with E-state index in [1.165, 1.54) is 22.5 Å². The van der Waals surface area contributed by atoms with Gasteiger partial charge in [0.05, 0.1) is 10.5 Å². The molecule has 2 N–H and O–H groups in total. The second-order valence-electron chi connectivity index (χ2n) is 9.26. The SMILES string of the molecule is CCCCN(CC)CCCNC(=O)c1cc(=O)[nH]c2ccc(S(=O)(=O)N3CCCC(C)C3)cc12. The summed E-state index contributed by atoms with van der Waals surface area (Å²) in [7, 11) is -3.68. The molecule has 0 aliphatic carbocycles. The molecule has 0 spiro atoms. The highest BCUT2D eigenvalue weighted by Gasteiger charge is 2.29.